The molecule has 2 aliphatic rings. The molecule has 1 atom stereocenters. The molecule has 0 aromatic heterocycles. The zero-order valence-corrected chi connectivity index (χ0v) is 15.8. The van der Waals surface area contributed by atoms with Crippen LogP contribution >= 0.6 is 0 Å². The Hall–Kier alpha value is -2.04. The summed E-state index contributed by atoms with van der Waals surface area (Å²) in [7, 11) is 1.67. The van der Waals surface area contributed by atoms with E-state index in [4.69, 9.17) is 4.74 Å². The first kappa shape index (κ1) is 18.7. The number of methoxy groups -OCH3 is 1. The van der Waals surface area contributed by atoms with E-state index in [1.807, 2.05) is 28.0 Å². The molecule has 0 radical (unpaired) electrons. The van der Waals surface area contributed by atoms with Crippen LogP contribution in [-0.4, -0.2) is 48.4 Å². The first-order chi connectivity index (χ1) is 12.7. The van der Waals surface area contributed by atoms with Gasteiger partial charge in [-0.05, 0) is 49.8 Å². The Morgan fingerprint density at radius 2 is 2.00 bits per heavy atom. The van der Waals surface area contributed by atoms with E-state index in [-0.39, 0.29) is 17.9 Å². The van der Waals surface area contributed by atoms with E-state index in [0.29, 0.717) is 19.4 Å². The summed E-state index contributed by atoms with van der Waals surface area (Å²) in [6.45, 7) is 2.15. The molecule has 2 fully saturated rings. The second-order valence-electron chi connectivity index (χ2n) is 7.32. The van der Waals surface area contributed by atoms with Crippen molar-refractivity contribution in [2.75, 3.05) is 26.7 Å². The lowest BCUT2D eigenvalue weighted by Crippen LogP contribution is -2.41. The van der Waals surface area contributed by atoms with Crippen LogP contribution < -0.4 is 4.74 Å². The molecule has 2 heterocycles. The lowest BCUT2D eigenvalue weighted by molar-refractivity contribution is -0.136. The van der Waals surface area contributed by atoms with Gasteiger partial charge in [-0.3, -0.25) is 9.59 Å². The monoisotopic (exact) mass is 358 g/mol. The number of benzene rings is 1. The van der Waals surface area contributed by atoms with Crippen LogP contribution in [0.4, 0.5) is 0 Å². The number of carbonyl (C=O) groups is 2. The highest BCUT2D eigenvalue weighted by Crippen LogP contribution is 2.33. The first-order valence-electron chi connectivity index (χ1n) is 9.90. The van der Waals surface area contributed by atoms with Gasteiger partial charge in [0, 0.05) is 32.5 Å². The second-order valence-corrected chi connectivity index (χ2v) is 7.32. The fraction of sp³-hybridized carbons (Fsp3) is 0.619. The number of hydrogen-bond donors (Lipinski definition) is 0. The average molecular weight is 358 g/mol. The van der Waals surface area contributed by atoms with Gasteiger partial charge in [0.2, 0.25) is 11.8 Å². The van der Waals surface area contributed by atoms with Crippen molar-refractivity contribution >= 4 is 11.8 Å². The molecule has 2 amide bonds. The van der Waals surface area contributed by atoms with Crippen LogP contribution in [0.2, 0.25) is 0 Å². The molecular formula is C21H30N2O3. The Balaban J connectivity index is 1.64. The Morgan fingerprint density at radius 3 is 2.85 bits per heavy atom. The van der Waals surface area contributed by atoms with Gasteiger partial charge in [0.05, 0.1) is 13.2 Å². The van der Waals surface area contributed by atoms with Crippen LogP contribution in [0.3, 0.4) is 0 Å². The number of ether oxygens (including phenoxy) is 1. The molecule has 142 valence electrons. The predicted octanol–water partition coefficient (Wildman–Crippen LogP) is 3.54. The largest absolute Gasteiger partial charge is 0.497 e. The number of rotatable bonds is 5. The third-order valence-electron chi connectivity index (χ3n) is 5.57. The Bertz CT molecular complexity index is 631. The van der Waals surface area contributed by atoms with Crippen molar-refractivity contribution in [2.45, 2.75) is 57.4 Å². The molecule has 2 saturated heterocycles. The van der Waals surface area contributed by atoms with Crippen molar-refractivity contribution in [2.24, 2.45) is 0 Å². The molecule has 1 aromatic rings. The molecule has 0 N–H and O–H groups in total. The molecule has 0 spiro atoms. The minimum Gasteiger partial charge on any atom is -0.497 e. The molecule has 3 rings (SSSR count). The summed E-state index contributed by atoms with van der Waals surface area (Å²) >= 11 is 0. The van der Waals surface area contributed by atoms with Crippen LogP contribution in [0.25, 0.3) is 0 Å². The van der Waals surface area contributed by atoms with Gasteiger partial charge in [0.25, 0.3) is 0 Å². The SMILES string of the molecule is COc1cccc([C@@H]2CCCCN2C(=O)CCN2CCCCCC2=O)c1. The predicted molar refractivity (Wildman–Crippen MR) is 101 cm³/mol. The van der Waals surface area contributed by atoms with E-state index in [1.165, 1.54) is 0 Å². The smallest absolute Gasteiger partial charge is 0.224 e. The minimum absolute atomic E-state index is 0.117. The number of piperidine rings is 1. The standard InChI is InChI=1S/C21H30N2O3/c1-26-18-9-7-8-17(16-18)19-10-4-6-14-23(19)21(25)12-15-22-13-5-2-3-11-20(22)24/h7-9,16,19H,2-6,10-15H2,1H3/t19-/m0/s1. The van der Waals surface area contributed by atoms with Gasteiger partial charge in [0.15, 0.2) is 0 Å². The third-order valence-corrected chi connectivity index (χ3v) is 5.57. The zero-order valence-electron chi connectivity index (χ0n) is 15.8. The molecule has 26 heavy (non-hydrogen) atoms. The van der Waals surface area contributed by atoms with Gasteiger partial charge < -0.3 is 14.5 Å². The van der Waals surface area contributed by atoms with Crippen molar-refractivity contribution in [3.63, 3.8) is 0 Å². The summed E-state index contributed by atoms with van der Waals surface area (Å²) in [6, 6.07) is 8.16. The summed E-state index contributed by atoms with van der Waals surface area (Å²) in [6.07, 6.45) is 7.37. The van der Waals surface area contributed by atoms with Gasteiger partial charge >= 0.3 is 0 Å². The highest BCUT2D eigenvalue weighted by molar-refractivity contribution is 5.79. The van der Waals surface area contributed by atoms with Gasteiger partial charge in [-0.15, -0.1) is 0 Å². The lowest BCUT2D eigenvalue weighted by Gasteiger charge is -2.36. The maximum Gasteiger partial charge on any atom is 0.224 e. The van der Waals surface area contributed by atoms with E-state index < -0.39 is 0 Å². The summed E-state index contributed by atoms with van der Waals surface area (Å²) in [5, 5.41) is 0. The Labute approximate surface area is 156 Å². The fourth-order valence-electron chi connectivity index (χ4n) is 4.07. The average Bonchev–Trinajstić information content (AvgIpc) is 2.90. The van der Waals surface area contributed by atoms with Crippen molar-refractivity contribution in [1.29, 1.82) is 0 Å². The molecule has 5 nitrogen and oxygen atoms in total. The van der Waals surface area contributed by atoms with E-state index >= 15 is 0 Å². The second kappa shape index (κ2) is 9.06. The molecular weight excluding hydrogens is 328 g/mol. The fourth-order valence-corrected chi connectivity index (χ4v) is 4.07. The van der Waals surface area contributed by atoms with Crippen molar-refractivity contribution in [3.8, 4) is 5.75 Å². The molecule has 5 heteroatoms. The van der Waals surface area contributed by atoms with Crippen molar-refractivity contribution < 1.29 is 14.3 Å². The number of nitrogens with zero attached hydrogens (tertiary/aromatic N) is 2. The van der Waals surface area contributed by atoms with Crippen LogP contribution in [0.1, 0.15) is 63.0 Å². The molecule has 1 aromatic carbocycles. The molecule has 2 aliphatic heterocycles. The normalized spacial score (nSPS) is 21.4. The van der Waals surface area contributed by atoms with E-state index in [1.54, 1.807) is 7.11 Å². The van der Waals surface area contributed by atoms with Gasteiger partial charge in [-0.2, -0.15) is 0 Å². The Morgan fingerprint density at radius 1 is 1.15 bits per heavy atom. The van der Waals surface area contributed by atoms with Gasteiger partial charge in [0.1, 0.15) is 5.75 Å². The van der Waals surface area contributed by atoms with Gasteiger partial charge in [-0.1, -0.05) is 18.6 Å². The summed E-state index contributed by atoms with van der Waals surface area (Å²) in [5.74, 6) is 1.20. The van der Waals surface area contributed by atoms with Crippen LogP contribution in [0, 0.1) is 0 Å². The maximum atomic E-state index is 12.9. The molecule has 0 saturated carbocycles. The van der Waals surface area contributed by atoms with Crippen molar-refractivity contribution in [3.05, 3.63) is 29.8 Å². The number of likely N-dealkylation sites (tertiary alicyclic amines) is 2. The summed E-state index contributed by atoms with van der Waals surface area (Å²) in [4.78, 5) is 29.0. The maximum absolute atomic E-state index is 12.9. The van der Waals surface area contributed by atoms with Crippen LogP contribution in [-0.2, 0) is 9.59 Å². The van der Waals surface area contributed by atoms with Crippen LogP contribution in [0.5, 0.6) is 5.75 Å². The highest BCUT2D eigenvalue weighted by atomic mass is 16.5. The van der Waals surface area contributed by atoms with Crippen LogP contribution in [0.15, 0.2) is 24.3 Å². The number of amides is 2. The van der Waals surface area contributed by atoms with Crippen molar-refractivity contribution in [1.82, 2.24) is 9.80 Å². The summed E-state index contributed by atoms with van der Waals surface area (Å²) in [5.41, 5.74) is 1.14. The molecule has 0 aliphatic carbocycles. The number of hydrogen-bond acceptors (Lipinski definition) is 3. The molecule has 0 bridgehead atoms. The molecule has 0 unspecified atom stereocenters. The van der Waals surface area contributed by atoms with E-state index in [9.17, 15) is 9.59 Å². The highest BCUT2D eigenvalue weighted by Gasteiger charge is 2.28. The lowest BCUT2D eigenvalue weighted by atomic mass is 9.94. The zero-order chi connectivity index (χ0) is 18.4. The van der Waals surface area contributed by atoms with E-state index in [2.05, 4.69) is 6.07 Å². The topological polar surface area (TPSA) is 49.9 Å². The number of carbonyl (C=O) groups excluding carboxylic acids is 2. The van der Waals surface area contributed by atoms with E-state index in [0.717, 1.165) is 62.9 Å². The summed E-state index contributed by atoms with van der Waals surface area (Å²) < 4.78 is 5.34. The first-order valence-corrected chi connectivity index (χ1v) is 9.90. The quantitative estimate of drug-likeness (QED) is 0.809. The third kappa shape index (κ3) is 4.57. The Kier molecular flexibility index (Phi) is 6.53. The minimum atomic E-state index is 0.117. The van der Waals surface area contributed by atoms with Gasteiger partial charge in [-0.25, -0.2) is 0 Å².